The van der Waals surface area contributed by atoms with Crippen molar-refractivity contribution < 1.29 is 41.0 Å². The summed E-state index contributed by atoms with van der Waals surface area (Å²) in [5, 5.41) is 1.54. The van der Waals surface area contributed by atoms with Crippen molar-refractivity contribution in [2.45, 2.75) is 57.5 Å². The van der Waals surface area contributed by atoms with Crippen LogP contribution < -0.4 is 19.7 Å². The molecule has 17 heteroatoms. The average molecular weight is 656 g/mol. The van der Waals surface area contributed by atoms with Gasteiger partial charge in [0.25, 0.3) is 0 Å². The molecule has 2 aliphatic rings. The standard InChI is InChI=1S/C27H31F3N6O6S2/c1-2-11-41-25(38)20(13-17-12-16-5-7-32-23(31)18(16)14-21(17)42-27(28,29)30)35-10-6-19(24(35)37)36(44(39)40)22-15-33-26(43-22)34-8-3-4-9-34/h5,7,12,14-15,19-20H,2-4,6,8-11,13H2,1H3,(H2,31,32)(H,39,40)/p-1/t19-,20+/m0/s1. The summed E-state index contributed by atoms with van der Waals surface area (Å²) >= 11 is -1.72. The number of ether oxygens (including phenoxy) is 2. The lowest BCUT2D eigenvalue weighted by Crippen LogP contribution is -2.49. The van der Waals surface area contributed by atoms with Crippen LogP contribution in [0.3, 0.4) is 0 Å². The quantitative estimate of drug-likeness (QED) is 0.240. The molecule has 0 bridgehead atoms. The van der Waals surface area contributed by atoms with Crippen LogP contribution in [0.1, 0.15) is 38.2 Å². The van der Waals surface area contributed by atoms with Crippen molar-refractivity contribution in [3.63, 3.8) is 0 Å². The number of nitrogens with zero attached hydrogens (tertiary/aromatic N) is 5. The molecule has 44 heavy (non-hydrogen) atoms. The van der Waals surface area contributed by atoms with E-state index in [2.05, 4.69) is 14.7 Å². The molecule has 3 atom stereocenters. The van der Waals surface area contributed by atoms with Gasteiger partial charge in [-0.15, -0.1) is 13.2 Å². The maximum atomic E-state index is 13.8. The smallest absolute Gasteiger partial charge is 0.573 e. The number of carbonyl (C=O) groups is 2. The molecule has 12 nitrogen and oxygen atoms in total. The first-order valence-electron chi connectivity index (χ1n) is 14.0. The minimum atomic E-state index is -5.06. The van der Waals surface area contributed by atoms with Gasteiger partial charge in [-0.3, -0.25) is 13.3 Å². The first kappa shape index (κ1) is 31.7. The Labute approximate surface area is 257 Å². The van der Waals surface area contributed by atoms with Crippen LogP contribution in [0, 0.1) is 0 Å². The summed E-state index contributed by atoms with van der Waals surface area (Å²) in [5.74, 6) is -2.14. The number of anilines is 3. The van der Waals surface area contributed by atoms with Crippen molar-refractivity contribution in [3.8, 4) is 5.75 Å². The zero-order valence-corrected chi connectivity index (χ0v) is 25.3. The van der Waals surface area contributed by atoms with E-state index >= 15 is 0 Å². The van der Waals surface area contributed by atoms with Crippen LogP contribution in [0.5, 0.6) is 5.75 Å². The van der Waals surface area contributed by atoms with E-state index < -0.39 is 53.8 Å². The highest BCUT2D eigenvalue weighted by atomic mass is 32.2. The molecular weight excluding hydrogens is 625 g/mol. The summed E-state index contributed by atoms with van der Waals surface area (Å²) in [4.78, 5) is 38.6. The highest BCUT2D eigenvalue weighted by molar-refractivity contribution is 7.81. The fourth-order valence-electron chi connectivity index (χ4n) is 5.44. The van der Waals surface area contributed by atoms with Gasteiger partial charge in [0.15, 0.2) is 5.13 Å². The molecule has 1 unspecified atom stereocenters. The number of carbonyl (C=O) groups excluding carboxylic acids is 2. The van der Waals surface area contributed by atoms with Crippen LogP contribution in [0.25, 0.3) is 10.8 Å². The monoisotopic (exact) mass is 655 g/mol. The van der Waals surface area contributed by atoms with E-state index in [0.29, 0.717) is 16.9 Å². The van der Waals surface area contributed by atoms with Crippen LogP contribution in [0.2, 0.25) is 0 Å². The zero-order chi connectivity index (χ0) is 31.6. The third-order valence-corrected chi connectivity index (χ3v) is 9.39. The number of fused-ring (bicyclic) bond motifs is 1. The Balaban J connectivity index is 1.47. The molecule has 1 amide bonds. The fourth-order valence-corrected chi connectivity index (χ4v) is 7.25. The zero-order valence-electron chi connectivity index (χ0n) is 23.6. The molecule has 2 aromatic heterocycles. The lowest BCUT2D eigenvalue weighted by Gasteiger charge is -2.31. The molecule has 0 aliphatic carbocycles. The minimum Gasteiger partial charge on any atom is -0.755 e. The van der Waals surface area contributed by atoms with Gasteiger partial charge in [-0.2, -0.15) is 0 Å². The molecule has 0 saturated carbocycles. The molecular formula is C27H30F3N6O6S2-. The molecule has 2 fully saturated rings. The number of pyridine rings is 1. The minimum absolute atomic E-state index is 0.0146. The van der Waals surface area contributed by atoms with Crippen molar-refractivity contribution in [2.75, 3.05) is 41.2 Å². The number of alkyl halides is 3. The van der Waals surface area contributed by atoms with Crippen LogP contribution in [0.4, 0.5) is 29.1 Å². The third kappa shape index (κ3) is 6.83. The second kappa shape index (κ2) is 13.1. The Hall–Kier alpha value is -3.70. The van der Waals surface area contributed by atoms with Gasteiger partial charge < -0.3 is 29.6 Å². The van der Waals surface area contributed by atoms with E-state index in [9.17, 15) is 31.5 Å². The number of hydrogen-bond donors (Lipinski definition) is 1. The van der Waals surface area contributed by atoms with Crippen molar-refractivity contribution in [1.29, 1.82) is 0 Å². The Morgan fingerprint density at radius 3 is 2.70 bits per heavy atom. The second-order valence-corrected chi connectivity index (χ2v) is 12.2. The Morgan fingerprint density at radius 2 is 2.02 bits per heavy atom. The molecule has 0 radical (unpaired) electrons. The lowest BCUT2D eigenvalue weighted by molar-refractivity contribution is -0.274. The third-order valence-electron chi connectivity index (χ3n) is 7.44. The van der Waals surface area contributed by atoms with E-state index in [1.54, 1.807) is 13.0 Å². The van der Waals surface area contributed by atoms with E-state index in [-0.39, 0.29) is 41.3 Å². The van der Waals surface area contributed by atoms with Gasteiger partial charge in [0.1, 0.15) is 28.7 Å². The van der Waals surface area contributed by atoms with E-state index in [0.717, 1.165) is 52.5 Å². The van der Waals surface area contributed by atoms with Crippen molar-refractivity contribution in [3.05, 3.63) is 36.2 Å². The van der Waals surface area contributed by atoms with Crippen LogP contribution in [0.15, 0.2) is 30.6 Å². The fraction of sp³-hybridized carbons (Fsp3) is 0.481. The van der Waals surface area contributed by atoms with Gasteiger partial charge >= 0.3 is 12.3 Å². The van der Waals surface area contributed by atoms with E-state index in [1.807, 2.05) is 4.90 Å². The van der Waals surface area contributed by atoms with Gasteiger partial charge in [-0.05, 0) is 54.8 Å². The first-order chi connectivity index (χ1) is 21.0. The summed E-state index contributed by atoms with van der Waals surface area (Å²) < 4.78 is 75.7. The predicted octanol–water partition coefficient (Wildman–Crippen LogP) is 3.54. The highest BCUT2D eigenvalue weighted by Gasteiger charge is 2.44. The number of rotatable bonds is 11. The van der Waals surface area contributed by atoms with Crippen LogP contribution in [-0.2, 0) is 32.0 Å². The highest BCUT2D eigenvalue weighted by Crippen LogP contribution is 2.37. The first-order valence-corrected chi connectivity index (χ1v) is 15.8. The predicted molar refractivity (Wildman–Crippen MR) is 157 cm³/mol. The van der Waals surface area contributed by atoms with E-state index in [4.69, 9.17) is 10.5 Å². The molecule has 0 spiro atoms. The second-order valence-electron chi connectivity index (χ2n) is 10.4. The molecule has 2 aliphatic heterocycles. The molecule has 2 saturated heterocycles. The molecule has 4 heterocycles. The van der Waals surface area contributed by atoms with Crippen LogP contribution in [-0.4, -0.2) is 80.2 Å². The van der Waals surface area contributed by atoms with Gasteiger partial charge in [0, 0.05) is 48.9 Å². The van der Waals surface area contributed by atoms with Gasteiger partial charge in [-0.1, -0.05) is 18.3 Å². The number of nitrogen functional groups attached to an aromatic ring is 1. The van der Waals surface area contributed by atoms with E-state index in [1.165, 1.54) is 18.5 Å². The molecule has 5 rings (SSSR count). The Morgan fingerprint density at radius 1 is 1.27 bits per heavy atom. The van der Waals surface area contributed by atoms with Crippen LogP contribution >= 0.6 is 11.3 Å². The number of esters is 1. The molecule has 2 N–H and O–H groups in total. The molecule has 1 aromatic carbocycles. The number of nitrogens with two attached hydrogens (primary N) is 1. The largest absolute Gasteiger partial charge is 0.755 e. The number of hydrogen-bond acceptors (Lipinski definition) is 11. The van der Waals surface area contributed by atoms with Gasteiger partial charge in [0.05, 0.1) is 12.8 Å². The van der Waals surface area contributed by atoms with Gasteiger partial charge in [0.2, 0.25) is 5.91 Å². The number of benzene rings is 1. The molecule has 3 aromatic rings. The van der Waals surface area contributed by atoms with Gasteiger partial charge in [-0.25, -0.2) is 14.8 Å². The summed E-state index contributed by atoms with van der Waals surface area (Å²) in [6.07, 6.45) is -0.185. The summed E-state index contributed by atoms with van der Waals surface area (Å²) in [7, 11) is 0. The number of aromatic nitrogens is 2. The Bertz CT molecular complexity index is 1550. The summed E-state index contributed by atoms with van der Waals surface area (Å²) in [5.41, 5.74) is 5.85. The van der Waals surface area contributed by atoms with Crippen molar-refractivity contribution >= 4 is 61.2 Å². The SMILES string of the molecule is CCCOC(=O)[C@@H](Cc1cc2ccnc(N)c2cc1OC(F)(F)F)N1CC[C@H](N(c2cnc(N3CCCC3)s2)S(=O)[O-])C1=O. The number of likely N-dealkylation sites (tertiary alicyclic amines) is 1. The summed E-state index contributed by atoms with van der Waals surface area (Å²) in [6, 6.07) is 1.47. The topological polar surface area (TPSA) is 154 Å². The maximum absolute atomic E-state index is 13.8. The number of amides is 1. The van der Waals surface area contributed by atoms with Crippen molar-refractivity contribution in [1.82, 2.24) is 14.9 Å². The average Bonchev–Trinajstić information content (AvgIpc) is 3.73. The maximum Gasteiger partial charge on any atom is 0.573 e. The summed E-state index contributed by atoms with van der Waals surface area (Å²) in [6.45, 7) is 3.33. The van der Waals surface area contributed by atoms with Crippen molar-refractivity contribution in [2.24, 2.45) is 0 Å². The Kier molecular flexibility index (Phi) is 9.45. The number of halogens is 3. The molecule has 238 valence electrons. The lowest BCUT2D eigenvalue weighted by atomic mass is 10.00. The number of thiazole rings is 1. The normalized spacial score (nSPS) is 18.6.